The third-order valence-corrected chi connectivity index (χ3v) is 1.19. The molecule has 1 aromatic rings. The first-order chi connectivity index (χ1) is 6.84. The van der Waals surface area contributed by atoms with Crippen molar-refractivity contribution in [2.24, 2.45) is 0 Å². The lowest BCUT2D eigenvalue weighted by Gasteiger charge is -1.95. The second kappa shape index (κ2) is 11.6. The number of benzene rings is 1. The Morgan fingerprint density at radius 1 is 1.14 bits per heavy atom. The van der Waals surface area contributed by atoms with E-state index in [1.165, 1.54) is 7.11 Å². The van der Waals surface area contributed by atoms with E-state index in [1.54, 1.807) is 24.3 Å². The molecule has 1 rings (SSSR count). The van der Waals surface area contributed by atoms with Gasteiger partial charge in [-0.15, -0.1) is 0 Å². The second-order valence-corrected chi connectivity index (χ2v) is 1.86. The summed E-state index contributed by atoms with van der Waals surface area (Å²) < 4.78 is 4.50. The topological polar surface area (TPSA) is 46.5 Å². The number of hydrogen-bond acceptors (Lipinski definition) is 3. The van der Waals surface area contributed by atoms with E-state index in [0.717, 1.165) is 7.11 Å². The molecule has 0 saturated carbocycles. The van der Waals surface area contributed by atoms with Gasteiger partial charge in [-0.3, -0.25) is 0 Å². The van der Waals surface area contributed by atoms with Gasteiger partial charge in [-0.25, -0.2) is 4.79 Å². The van der Waals surface area contributed by atoms with Gasteiger partial charge in [-0.1, -0.05) is 32.0 Å². The monoisotopic (exact) mass is 198 g/mol. The Balaban J connectivity index is 0. The Labute approximate surface area is 85.3 Å². The molecule has 1 N–H and O–H groups in total. The predicted octanol–water partition coefficient (Wildman–Crippen LogP) is 2.11. The van der Waals surface area contributed by atoms with Crippen molar-refractivity contribution in [3.63, 3.8) is 0 Å². The highest BCUT2D eigenvalue weighted by atomic mass is 16.5. The maximum Gasteiger partial charge on any atom is 0.337 e. The van der Waals surface area contributed by atoms with E-state index in [1.807, 2.05) is 19.9 Å². The van der Waals surface area contributed by atoms with Crippen LogP contribution in [0.2, 0.25) is 0 Å². The first-order valence-electron chi connectivity index (χ1n) is 4.42. The maximum absolute atomic E-state index is 10.8. The summed E-state index contributed by atoms with van der Waals surface area (Å²) in [6.07, 6.45) is 0. The molecule has 0 radical (unpaired) electrons. The highest BCUT2D eigenvalue weighted by Gasteiger charge is 2.00. The number of methoxy groups -OCH3 is 1. The van der Waals surface area contributed by atoms with Crippen LogP contribution in [-0.2, 0) is 4.74 Å². The molecule has 0 aromatic heterocycles. The number of carbonyl (C=O) groups excluding carboxylic acids is 1. The van der Waals surface area contributed by atoms with Crippen LogP contribution in [0.1, 0.15) is 24.2 Å². The standard InChI is InChI=1S/C8H8O2.C2H6.CH4O/c1-10-8(9)7-5-3-2-4-6-7;2*1-2/h2-6H,1H3;1-2H3;2H,1H3. The lowest BCUT2D eigenvalue weighted by Crippen LogP contribution is -1.99. The molecule has 80 valence electrons. The van der Waals surface area contributed by atoms with Crippen molar-refractivity contribution in [3.05, 3.63) is 35.9 Å². The molecule has 3 heteroatoms. The first-order valence-corrected chi connectivity index (χ1v) is 4.42. The third kappa shape index (κ3) is 6.20. The summed E-state index contributed by atoms with van der Waals surface area (Å²) in [4.78, 5) is 10.8. The molecule has 3 nitrogen and oxygen atoms in total. The van der Waals surface area contributed by atoms with E-state index in [4.69, 9.17) is 5.11 Å². The minimum atomic E-state index is -0.291. The summed E-state index contributed by atoms with van der Waals surface area (Å²) in [5, 5.41) is 7.00. The van der Waals surface area contributed by atoms with Crippen LogP contribution < -0.4 is 0 Å². The van der Waals surface area contributed by atoms with Crippen LogP contribution in [0, 0.1) is 0 Å². The van der Waals surface area contributed by atoms with Crippen molar-refractivity contribution < 1.29 is 14.6 Å². The predicted molar refractivity (Wildman–Crippen MR) is 57.3 cm³/mol. The molecule has 0 aliphatic heterocycles. The van der Waals surface area contributed by atoms with Crippen molar-refractivity contribution in [2.75, 3.05) is 14.2 Å². The zero-order chi connectivity index (χ0) is 11.4. The quantitative estimate of drug-likeness (QED) is 0.703. The fourth-order valence-electron chi connectivity index (χ4n) is 0.692. The van der Waals surface area contributed by atoms with E-state index < -0.39 is 0 Å². The zero-order valence-corrected chi connectivity index (χ0v) is 9.15. The smallest absolute Gasteiger partial charge is 0.337 e. The average molecular weight is 198 g/mol. The van der Waals surface area contributed by atoms with Crippen LogP contribution in [0.15, 0.2) is 30.3 Å². The van der Waals surface area contributed by atoms with E-state index in [2.05, 4.69) is 4.74 Å². The fourth-order valence-corrected chi connectivity index (χ4v) is 0.692. The van der Waals surface area contributed by atoms with Crippen molar-refractivity contribution in [3.8, 4) is 0 Å². The van der Waals surface area contributed by atoms with Crippen LogP contribution >= 0.6 is 0 Å². The summed E-state index contributed by atoms with van der Waals surface area (Å²) in [5.41, 5.74) is 0.588. The Hall–Kier alpha value is -1.35. The zero-order valence-electron chi connectivity index (χ0n) is 9.15. The molecule has 0 fully saturated rings. The van der Waals surface area contributed by atoms with Crippen LogP contribution in [0.25, 0.3) is 0 Å². The molecule has 0 amide bonds. The highest BCUT2D eigenvalue weighted by molar-refractivity contribution is 5.89. The first kappa shape index (κ1) is 15.1. The number of aliphatic hydroxyl groups excluding tert-OH is 1. The lowest BCUT2D eigenvalue weighted by molar-refractivity contribution is 0.0601. The van der Waals surface area contributed by atoms with Gasteiger partial charge in [0, 0.05) is 7.11 Å². The van der Waals surface area contributed by atoms with E-state index in [9.17, 15) is 4.79 Å². The fraction of sp³-hybridized carbons (Fsp3) is 0.364. The normalized spacial score (nSPS) is 7.21. The number of aliphatic hydroxyl groups is 1. The molecular weight excluding hydrogens is 180 g/mol. The average Bonchev–Trinajstić information content (AvgIpc) is 2.34. The van der Waals surface area contributed by atoms with Crippen LogP contribution in [0.4, 0.5) is 0 Å². The molecule has 14 heavy (non-hydrogen) atoms. The van der Waals surface area contributed by atoms with Crippen molar-refractivity contribution >= 4 is 5.97 Å². The number of rotatable bonds is 1. The minimum absolute atomic E-state index is 0.291. The summed E-state index contributed by atoms with van der Waals surface area (Å²) in [6, 6.07) is 8.88. The number of hydrogen-bond donors (Lipinski definition) is 1. The Morgan fingerprint density at radius 3 is 1.93 bits per heavy atom. The number of esters is 1. The second-order valence-electron chi connectivity index (χ2n) is 1.86. The van der Waals surface area contributed by atoms with E-state index in [-0.39, 0.29) is 5.97 Å². The molecule has 0 unspecified atom stereocenters. The lowest BCUT2D eigenvalue weighted by atomic mass is 10.2. The van der Waals surface area contributed by atoms with Gasteiger partial charge in [-0.2, -0.15) is 0 Å². The molecule has 0 aliphatic carbocycles. The molecule has 0 spiro atoms. The molecule has 0 heterocycles. The third-order valence-electron chi connectivity index (χ3n) is 1.19. The number of carbonyl (C=O) groups is 1. The molecule has 0 atom stereocenters. The molecule has 1 aromatic carbocycles. The van der Waals surface area contributed by atoms with Gasteiger partial charge >= 0.3 is 5.97 Å². The molecule has 0 bridgehead atoms. The summed E-state index contributed by atoms with van der Waals surface area (Å²) >= 11 is 0. The van der Waals surface area contributed by atoms with Crippen molar-refractivity contribution in [1.29, 1.82) is 0 Å². The SMILES string of the molecule is CC.CO.COC(=O)c1ccccc1. The van der Waals surface area contributed by atoms with Gasteiger partial charge in [0.15, 0.2) is 0 Å². The summed E-state index contributed by atoms with van der Waals surface area (Å²) in [7, 11) is 2.37. The van der Waals surface area contributed by atoms with Gasteiger partial charge in [0.1, 0.15) is 0 Å². The Bertz CT molecular complexity index is 219. The molecular formula is C11H18O3. The highest BCUT2D eigenvalue weighted by Crippen LogP contribution is 1.98. The molecule has 0 saturated heterocycles. The summed E-state index contributed by atoms with van der Waals surface area (Å²) in [5.74, 6) is -0.291. The Morgan fingerprint density at radius 2 is 1.57 bits per heavy atom. The molecule has 0 aliphatic rings. The van der Waals surface area contributed by atoms with Gasteiger partial charge < -0.3 is 9.84 Å². The number of ether oxygens (including phenoxy) is 1. The van der Waals surface area contributed by atoms with Gasteiger partial charge in [0.05, 0.1) is 12.7 Å². The van der Waals surface area contributed by atoms with Crippen LogP contribution in [0.5, 0.6) is 0 Å². The Kier molecular flexibility index (Phi) is 12.6. The van der Waals surface area contributed by atoms with Gasteiger partial charge in [-0.05, 0) is 12.1 Å². The maximum atomic E-state index is 10.8. The van der Waals surface area contributed by atoms with E-state index >= 15 is 0 Å². The van der Waals surface area contributed by atoms with Crippen LogP contribution in [-0.4, -0.2) is 25.3 Å². The van der Waals surface area contributed by atoms with Crippen molar-refractivity contribution in [1.82, 2.24) is 0 Å². The minimum Gasteiger partial charge on any atom is -0.465 e. The largest absolute Gasteiger partial charge is 0.465 e. The van der Waals surface area contributed by atoms with Crippen LogP contribution in [0.3, 0.4) is 0 Å². The van der Waals surface area contributed by atoms with Gasteiger partial charge in [0.25, 0.3) is 0 Å². The van der Waals surface area contributed by atoms with E-state index in [0.29, 0.717) is 5.56 Å². The van der Waals surface area contributed by atoms with Crippen molar-refractivity contribution in [2.45, 2.75) is 13.8 Å². The van der Waals surface area contributed by atoms with Gasteiger partial charge in [0.2, 0.25) is 0 Å². The summed E-state index contributed by atoms with van der Waals surface area (Å²) in [6.45, 7) is 4.00.